The van der Waals surface area contributed by atoms with Gasteiger partial charge in [0.25, 0.3) is 0 Å². The molecule has 0 aromatic heterocycles. The Bertz CT molecular complexity index is 560. The smallest absolute Gasteiger partial charge is 0.123 e. The second-order valence-corrected chi connectivity index (χ2v) is 4.22. The summed E-state index contributed by atoms with van der Waals surface area (Å²) in [4.78, 5) is 0. The van der Waals surface area contributed by atoms with Crippen molar-refractivity contribution in [2.75, 3.05) is 0 Å². The van der Waals surface area contributed by atoms with Crippen molar-refractivity contribution in [3.63, 3.8) is 0 Å². The van der Waals surface area contributed by atoms with Crippen molar-refractivity contribution in [3.8, 4) is 0 Å². The third-order valence-corrected chi connectivity index (χ3v) is 2.80. The van der Waals surface area contributed by atoms with Crippen LogP contribution in [0.25, 0.3) is 11.6 Å². The van der Waals surface area contributed by atoms with Crippen LogP contribution in [0.3, 0.4) is 0 Å². The quantitative estimate of drug-likeness (QED) is 0.529. The molecular formula is C17H15F. The Hall–Kier alpha value is -2.15. The topological polar surface area (TPSA) is 0 Å². The first kappa shape index (κ1) is 12.3. The normalized spacial score (nSPS) is 11.3. The van der Waals surface area contributed by atoms with Gasteiger partial charge in [-0.2, -0.15) is 0 Å². The van der Waals surface area contributed by atoms with E-state index in [1.54, 1.807) is 18.2 Å². The molecule has 0 bridgehead atoms. The molecule has 0 atom stereocenters. The van der Waals surface area contributed by atoms with E-state index < -0.39 is 0 Å². The lowest BCUT2D eigenvalue weighted by Crippen LogP contribution is -1.82. The van der Waals surface area contributed by atoms with Gasteiger partial charge in [-0.05, 0) is 41.8 Å². The number of rotatable bonds is 3. The molecular weight excluding hydrogens is 223 g/mol. The molecule has 0 radical (unpaired) electrons. The minimum absolute atomic E-state index is 0.225. The van der Waals surface area contributed by atoms with Crippen LogP contribution < -0.4 is 0 Å². The van der Waals surface area contributed by atoms with Crippen LogP contribution in [0.2, 0.25) is 0 Å². The Kier molecular flexibility index (Phi) is 3.73. The second kappa shape index (κ2) is 5.46. The van der Waals surface area contributed by atoms with E-state index in [1.165, 1.54) is 17.7 Å². The maximum Gasteiger partial charge on any atom is 0.123 e. The van der Waals surface area contributed by atoms with Gasteiger partial charge in [0.2, 0.25) is 0 Å². The van der Waals surface area contributed by atoms with Crippen LogP contribution in [0.15, 0.2) is 61.2 Å². The number of benzene rings is 2. The number of aryl methyl sites for hydroxylation is 1. The summed E-state index contributed by atoms with van der Waals surface area (Å²) >= 11 is 0. The lowest BCUT2D eigenvalue weighted by molar-refractivity contribution is 0.627. The lowest BCUT2D eigenvalue weighted by Gasteiger charge is -2.03. The zero-order valence-corrected chi connectivity index (χ0v) is 10.4. The first-order chi connectivity index (χ1) is 8.69. The fraction of sp³-hybridized carbons (Fsp3) is 0.0588. The first-order valence-electron chi connectivity index (χ1n) is 5.86. The standard InChI is InChI=1S/C17H15F/c1-3-15(16-8-10-17(18)11-9-16)12-14-6-4-13(2)5-7-14/h3-12H,1H2,2H3/b15-12-. The first-order valence-corrected chi connectivity index (χ1v) is 5.86. The van der Waals surface area contributed by atoms with Gasteiger partial charge >= 0.3 is 0 Å². The number of halogens is 1. The van der Waals surface area contributed by atoms with E-state index in [0.29, 0.717) is 0 Å². The summed E-state index contributed by atoms with van der Waals surface area (Å²) in [5, 5.41) is 0. The van der Waals surface area contributed by atoms with Gasteiger partial charge in [0.1, 0.15) is 5.82 Å². The van der Waals surface area contributed by atoms with E-state index in [1.807, 2.05) is 6.08 Å². The summed E-state index contributed by atoms with van der Waals surface area (Å²) in [5.74, 6) is -0.225. The summed E-state index contributed by atoms with van der Waals surface area (Å²) in [6.45, 7) is 5.87. The minimum atomic E-state index is -0.225. The van der Waals surface area contributed by atoms with Crippen molar-refractivity contribution in [1.82, 2.24) is 0 Å². The molecule has 0 spiro atoms. The van der Waals surface area contributed by atoms with Gasteiger partial charge in [0, 0.05) is 0 Å². The highest BCUT2D eigenvalue weighted by molar-refractivity contribution is 5.87. The Balaban J connectivity index is 2.36. The van der Waals surface area contributed by atoms with Crippen LogP contribution in [-0.2, 0) is 0 Å². The molecule has 0 amide bonds. The number of hydrogen-bond donors (Lipinski definition) is 0. The summed E-state index contributed by atoms with van der Waals surface area (Å²) in [6, 6.07) is 14.7. The molecule has 0 aliphatic rings. The van der Waals surface area contributed by atoms with Crippen LogP contribution in [-0.4, -0.2) is 0 Å². The number of allylic oxidation sites excluding steroid dienone is 2. The van der Waals surface area contributed by atoms with E-state index in [0.717, 1.165) is 16.7 Å². The molecule has 0 saturated heterocycles. The molecule has 2 rings (SSSR count). The van der Waals surface area contributed by atoms with Crippen LogP contribution in [0.4, 0.5) is 4.39 Å². The zero-order chi connectivity index (χ0) is 13.0. The van der Waals surface area contributed by atoms with Crippen LogP contribution >= 0.6 is 0 Å². The molecule has 0 fully saturated rings. The maximum atomic E-state index is 12.9. The SMILES string of the molecule is C=C/C(=C/c1ccc(C)cc1)c1ccc(F)cc1. The van der Waals surface area contributed by atoms with Crippen molar-refractivity contribution in [3.05, 3.63) is 83.7 Å². The van der Waals surface area contributed by atoms with E-state index in [2.05, 4.69) is 37.8 Å². The second-order valence-electron chi connectivity index (χ2n) is 4.22. The largest absolute Gasteiger partial charge is 0.207 e. The average molecular weight is 238 g/mol. The summed E-state index contributed by atoms with van der Waals surface area (Å²) in [7, 11) is 0. The Morgan fingerprint density at radius 1 is 1.00 bits per heavy atom. The third-order valence-electron chi connectivity index (χ3n) is 2.80. The Morgan fingerprint density at radius 3 is 2.17 bits per heavy atom. The van der Waals surface area contributed by atoms with Crippen LogP contribution in [0.5, 0.6) is 0 Å². The molecule has 90 valence electrons. The van der Waals surface area contributed by atoms with E-state index in [4.69, 9.17) is 0 Å². The predicted octanol–water partition coefficient (Wildman–Crippen LogP) is 4.86. The van der Waals surface area contributed by atoms with Crippen molar-refractivity contribution < 1.29 is 4.39 Å². The lowest BCUT2D eigenvalue weighted by atomic mass is 10.0. The highest BCUT2D eigenvalue weighted by atomic mass is 19.1. The third kappa shape index (κ3) is 2.95. The van der Waals surface area contributed by atoms with Crippen molar-refractivity contribution in [2.45, 2.75) is 6.92 Å². The fourth-order valence-electron chi connectivity index (χ4n) is 1.74. The monoisotopic (exact) mass is 238 g/mol. The molecule has 2 aromatic rings. The predicted molar refractivity (Wildman–Crippen MR) is 75.6 cm³/mol. The van der Waals surface area contributed by atoms with Crippen LogP contribution in [0, 0.1) is 12.7 Å². The highest BCUT2D eigenvalue weighted by Gasteiger charge is 1.98. The van der Waals surface area contributed by atoms with Crippen molar-refractivity contribution in [1.29, 1.82) is 0 Å². The Labute approximate surface area is 107 Å². The van der Waals surface area contributed by atoms with Gasteiger partial charge in [0.15, 0.2) is 0 Å². The molecule has 0 aliphatic carbocycles. The summed E-state index contributed by atoms with van der Waals surface area (Å²) < 4.78 is 12.9. The van der Waals surface area contributed by atoms with E-state index >= 15 is 0 Å². The minimum Gasteiger partial charge on any atom is -0.207 e. The fourth-order valence-corrected chi connectivity index (χ4v) is 1.74. The molecule has 0 aliphatic heterocycles. The highest BCUT2D eigenvalue weighted by Crippen LogP contribution is 2.19. The molecule has 0 N–H and O–H groups in total. The van der Waals surface area contributed by atoms with Crippen molar-refractivity contribution >= 4 is 11.6 Å². The van der Waals surface area contributed by atoms with Gasteiger partial charge in [-0.1, -0.05) is 54.6 Å². The molecule has 0 nitrogen and oxygen atoms in total. The number of hydrogen-bond acceptors (Lipinski definition) is 0. The molecule has 0 unspecified atom stereocenters. The van der Waals surface area contributed by atoms with Gasteiger partial charge < -0.3 is 0 Å². The molecule has 0 heterocycles. The van der Waals surface area contributed by atoms with Gasteiger partial charge in [-0.15, -0.1) is 0 Å². The molecule has 18 heavy (non-hydrogen) atoms. The van der Waals surface area contributed by atoms with E-state index in [-0.39, 0.29) is 5.82 Å². The molecule has 2 aromatic carbocycles. The van der Waals surface area contributed by atoms with Gasteiger partial charge in [-0.25, -0.2) is 4.39 Å². The zero-order valence-electron chi connectivity index (χ0n) is 10.4. The van der Waals surface area contributed by atoms with Crippen LogP contribution in [0.1, 0.15) is 16.7 Å². The molecule has 0 saturated carbocycles. The summed E-state index contributed by atoms with van der Waals surface area (Å²) in [6.07, 6.45) is 3.83. The maximum absolute atomic E-state index is 12.9. The van der Waals surface area contributed by atoms with E-state index in [9.17, 15) is 4.39 Å². The Morgan fingerprint density at radius 2 is 1.61 bits per heavy atom. The van der Waals surface area contributed by atoms with Gasteiger partial charge in [-0.3, -0.25) is 0 Å². The molecule has 1 heteroatoms. The average Bonchev–Trinajstić information content (AvgIpc) is 2.39. The van der Waals surface area contributed by atoms with Gasteiger partial charge in [0.05, 0.1) is 0 Å². The van der Waals surface area contributed by atoms with Crippen molar-refractivity contribution in [2.24, 2.45) is 0 Å². The summed E-state index contributed by atoms with van der Waals surface area (Å²) in [5.41, 5.74) is 4.29.